The minimum Gasteiger partial charge on any atom is -0.326 e. The van der Waals surface area contributed by atoms with Crippen LogP contribution >= 0.6 is 11.6 Å². The molecule has 0 radical (unpaired) electrons. The number of carbonyl (C=O) groups is 1. The van der Waals surface area contributed by atoms with Gasteiger partial charge in [0, 0.05) is 30.4 Å². The number of piperidine rings is 1. The van der Waals surface area contributed by atoms with Gasteiger partial charge in [-0.2, -0.15) is 13.2 Å². The number of halogens is 4. The summed E-state index contributed by atoms with van der Waals surface area (Å²) in [7, 11) is -3.36. The molecule has 0 aliphatic carbocycles. The van der Waals surface area contributed by atoms with Crippen molar-refractivity contribution >= 4 is 39.1 Å². The van der Waals surface area contributed by atoms with E-state index in [-0.39, 0.29) is 39.1 Å². The number of nitrogens with one attached hydrogen (secondary N) is 1. The van der Waals surface area contributed by atoms with E-state index in [0.717, 1.165) is 31.5 Å². The first-order valence-corrected chi connectivity index (χ1v) is 16.3. The molecule has 1 saturated heterocycles. The Bertz CT molecular complexity index is 1640. The Morgan fingerprint density at radius 1 is 1.02 bits per heavy atom. The van der Waals surface area contributed by atoms with Crippen LogP contribution < -0.4 is 5.32 Å². The molecule has 0 saturated carbocycles. The molecule has 1 fully saturated rings. The third kappa shape index (κ3) is 8.08. The smallest absolute Gasteiger partial charge is 0.326 e. The van der Waals surface area contributed by atoms with Crippen LogP contribution in [0.15, 0.2) is 65.1 Å². The summed E-state index contributed by atoms with van der Waals surface area (Å²) < 4.78 is 66.9. The highest BCUT2D eigenvalue weighted by atomic mass is 35.5. The van der Waals surface area contributed by atoms with Gasteiger partial charge in [0.05, 0.1) is 27.7 Å². The number of alkyl halides is 3. The zero-order valence-electron chi connectivity index (χ0n) is 24.7. The maximum Gasteiger partial charge on any atom is 0.417 e. The maximum atomic E-state index is 14.2. The summed E-state index contributed by atoms with van der Waals surface area (Å²) in [6.45, 7) is 9.36. The predicted molar refractivity (Wildman–Crippen MR) is 167 cm³/mol. The number of aryl methyl sites for hydroxylation is 1. The normalized spacial score (nSPS) is 14.7. The van der Waals surface area contributed by atoms with Crippen molar-refractivity contribution < 1.29 is 26.4 Å². The molecule has 1 aliphatic rings. The van der Waals surface area contributed by atoms with Crippen LogP contribution in [0.3, 0.4) is 0 Å². The van der Waals surface area contributed by atoms with Gasteiger partial charge in [-0.25, -0.2) is 8.42 Å². The summed E-state index contributed by atoms with van der Waals surface area (Å²) in [4.78, 5) is 15.3. The Morgan fingerprint density at radius 3 is 2.28 bits per heavy atom. The highest BCUT2D eigenvalue weighted by molar-refractivity contribution is 7.91. The van der Waals surface area contributed by atoms with Crippen LogP contribution in [0, 0.1) is 6.92 Å². The molecule has 0 aromatic heterocycles. The number of likely N-dealkylation sites (tertiary alicyclic amines) is 1. The number of carbonyl (C=O) groups excluding carboxylic acids is 1. The highest BCUT2D eigenvalue weighted by Gasteiger charge is 2.34. The average Bonchev–Trinajstić information content (AvgIpc) is 2.94. The van der Waals surface area contributed by atoms with Gasteiger partial charge in [-0.05, 0) is 86.2 Å². The molecular formula is C33H36ClF3N2O3S. The zero-order valence-corrected chi connectivity index (χ0v) is 26.3. The summed E-state index contributed by atoms with van der Waals surface area (Å²) in [5.74, 6) is -0.390. The Morgan fingerprint density at radius 2 is 1.70 bits per heavy atom. The van der Waals surface area contributed by atoms with Gasteiger partial charge in [0.25, 0.3) is 0 Å². The minimum atomic E-state index is -4.59. The van der Waals surface area contributed by atoms with E-state index in [1.54, 1.807) is 32.0 Å². The third-order valence-electron chi connectivity index (χ3n) is 7.84. The average molecular weight is 633 g/mol. The quantitative estimate of drug-likeness (QED) is 0.272. The first-order chi connectivity index (χ1) is 20.2. The Labute approximate surface area is 256 Å². The second kappa shape index (κ2) is 13.2. The minimum absolute atomic E-state index is 0.0116. The van der Waals surface area contributed by atoms with Crippen LogP contribution in [-0.4, -0.2) is 44.1 Å². The first kappa shape index (κ1) is 32.8. The molecular weight excluding hydrogens is 597 g/mol. The molecule has 4 rings (SSSR count). The number of rotatable bonds is 8. The summed E-state index contributed by atoms with van der Waals surface area (Å²) in [6.07, 6.45) is -1.10. The zero-order chi connectivity index (χ0) is 31.5. The Balaban J connectivity index is 1.52. The first-order valence-electron chi connectivity index (χ1n) is 14.2. The van der Waals surface area contributed by atoms with Crippen LogP contribution in [0.25, 0.3) is 17.2 Å². The molecule has 0 atom stereocenters. The second-order valence-corrected chi connectivity index (χ2v) is 13.8. The van der Waals surface area contributed by atoms with Crippen molar-refractivity contribution in [2.75, 3.05) is 24.2 Å². The second-order valence-electron chi connectivity index (χ2n) is 11.1. The van der Waals surface area contributed by atoms with Crippen LogP contribution in [0.2, 0.25) is 5.02 Å². The molecule has 0 spiro atoms. The SMILES string of the molecule is CCS(=O)(=O)c1ccc(CC(=O)Nc2ccc(-c3ccc(C=C4CCN(C(C)C)CC4)cc3C(F)(F)F)c(Cl)c2)c(C)c1. The number of nitrogens with zero attached hydrogens (tertiary/aromatic N) is 1. The monoisotopic (exact) mass is 632 g/mol. The van der Waals surface area contributed by atoms with E-state index in [2.05, 4.69) is 24.1 Å². The van der Waals surface area contributed by atoms with Gasteiger partial charge in [0.2, 0.25) is 5.91 Å². The van der Waals surface area contributed by atoms with Crippen LogP contribution in [-0.2, 0) is 27.2 Å². The van der Waals surface area contributed by atoms with Gasteiger partial charge < -0.3 is 10.2 Å². The third-order valence-corrected chi connectivity index (χ3v) is 9.88. The van der Waals surface area contributed by atoms with E-state index in [4.69, 9.17) is 11.6 Å². The van der Waals surface area contributed by atoms with Crippen LogP contribution in [0.5, 0.6) is 0 Å². The van der Waals surface area contributed by atoms with E-state index in [9.17, 15) is 26.4 Å². The number of anilines is 1. The van der Waals surface area contributed by atoms with Crippen molar-refractivity contribution in [1.29, 1.82) is 0 Å². The molecule has 43 heavy (non-hydrogen) atoms. The van der Waals surface area contributed by atoms with Crippen molar-refractivity contribution in [1.82, 2.24) is 4.90 Å². The number of amides is 1. The van der Waals surface area contributed by atoms with Crippen molar-refractivity contribution in [3.63, 3.8) is 0 Å². The fraction of sp³-hybridized carbons (Fsp3) is 0.364. The van der Waals surface area contributed by atoms with Gasteiger partial charge in [0.1, 0.15) is 0 Å². The van der Waals surface area contributed by atoms with Crippen molar-refractivity contribution in [3.05, 3.63) is 87.4 Å². The van der Waals surface area contributed by atoms with Gasteiger partial charge in [-0.1, -0.05) is 54.4 Å². The molecule has 3 aromatic rings. The topological polar surface area (TPSA) is 66.5 Å². The van der Waals surface area contributed by atoms with Gasteiger partial charge in [-0.15, -0.1) is 0 Å². The summed E-state index contributed by atoms with van der Waals surface area (Å²) in [5.41, 5.74) is 2.69. The Kier molecular flexibility index (Phi) is 10.1. The lowest BCUT2D eigenvalue weighted by Gasteiger charge is -2.31. The van der Waals surface area contributed by atoms with Gasteiger partial charge in [-0.3, -0.25) is 4.79 Å². The molecule has 5 nitrogen and oxygen atoms in total. The van der Waals surface area contributed by atoms with Crippen molar-refractivity contribution in [3.8, 4) is 11.1 Å². The summed E-state index contributed by atoms with van der Waals surface area (Å²) >= 11 is 6.47. The summed E-state index contributed by atoms with van der Waals surface area (Å²) in [6, 6.07) is 13.8. The molecule has 10 heteroatoms. The van der Waals surface area contributed by atoms with Gasteiger partial charge in [0.15, 0.2) is 9.84 Å². The van der Waals surface area contributed by atoms with E-state index < -0.39 is 21.6 Å². The van der Waals surface area contributed by atoms with E-state index in [0.29, 0.717) is 28.4 Å². The van der Waals surface area contributed by atoms with E-state index in [1.807, 2.05) is 6.08 Å². The predicted octanol–water partition coefficient (Wildman–Crippen LogP) is 8.20. The highest BCUT2D eigenvalue weighted by Crippen LogP contribution is 2.41. The fourth-order valence-corrected chi connectivity index (χ4v) is 6.49. The standard InChI is InChI=1S/C33H36ClF3N2O3S/c1-5-43(41,42)27-9-7-25(22(4)16-27)19-32(40)38-26-8-11-29(31(34)20-26)28-10-6-24(18-30(28)33(35,36)37)17-23-12-14-39(15-13-23)21(2)3/h6-11,16-18,20-21H,5,12-15,19H2,1-4H3,(H,38,40). The van der Waals surface area contributed by atoms with Gasteiger partial charge >= 0.3 is 6.18 Å². The van der Waals surface area contributed by atoms with Crippen molar-refractivity contribution in [2.24, 2.45) is 0 Å². The molecule has 3 aromatic carbocycles. The molecule has 230 valence electrons. The molecule has 0 unspecified atom stereocenters. The largest absolute Gasteiger partial charge is 0.417 e. The fourth-order valence-electron chi connectivity index (χ4n) is 5.24. The molecule has 0 bridgehead atoms. The lowest BCUT2D eigenvalue weighted by molar-refractivity contribution is -0.137. The molecule has 1 aliphatic heterocycles. The number of benzene rings is 3. The number of hydrogen-bond acceptors (Lipinski definition) is 4. The van der Waals surface area contributed by atoms with Crippen LogP contribution in [0.1, 0.15) is 55.9 Å². The Hall–Kier alpha value is -3.14. The molecule has 1 heterocycles. The lowest BCUT2D eigenvalue weighted by Crippen LogP contribution is -2.36. The van der Waals surface area contributed by atoms with E-state index in [1.165, 1.54) is 36.4 Å². The lowest BCUT2D eigenvalue weighted by atomic mass is 9.94. The summed E-state index contributed by atoms with van der Waals surface area (Å²) in [5, 5.41) is 2.80. The van der Waals surface area contributed by atoms with Crippen molar-refractivity contribution in [2.45, 2.75) is 64.1 Å². The molecule has 1 amide bonds. The number of sulfone groups is 1. The van der Waals surface area contributed by atoms with E-state index >= 15 is 0 Å². The van der Waals surface area contributed by atoms with Crippen LogP contribution in [0.4, 0.5) is 18.9 Å². The number of hydrogen-bond donors (Lipinski definition) is 1. The molecule has 1 N–H and O–H groups in total. The maximum absolute atomic E-state index is 14.2.